The van der Waals surface area contributed by atoms with Crippen LogP contribution < -0.4 is 0 Å². The summed E-state index contributed by atoms with van der Waals surface area (Å²) in [6, 6.07) is 6.05. The van der Waals surface area contributed by atoms with Crippen LogP contribution in [0.5, 0.6) is 0 Å². The van der Waals surface area contributed by atoms with Gasteiger partial charge in [-0.1, -0.05) is 30.7 Å². The largest absolute Gasteiger partial charge is 0.343 e. The minimum Gasteiger partial charge on any atom is -0.343 e. The van der Waals surface area contributed by atoms with Gasteiger partial charge < -0.3 is 4.98 Å². The second-order valence-corrected chi connectivity index (χ2v) is 4.45. The van der Waals surface area contributed by atoms with Crippen LogP contribution >= 0.6 is 23.8 Å². The summed E-state index contributed by atoms with van der Waals surface area (Å²) in [5.41, 5.74) is 1.39. The molecule has 0 radical (unpaired) electrons. The lowest BCUT2D eigenvalue weighted by atomic mass is 10.1. The number of nitrogens with one attached hydrogen (secondary N) is 1. The molecule has 1 aromatic carbocycles. The molecule has 1 N–H and O–H groups in total. The molecular weight excluding hydrogens is 259 g/mol. The molecule has 88 valence electrons. The van der Waals surface area contributed by atoms with E-state index in [4.69, 9.17) is 23.8 Å². The van der Waals surface area contributed by atoms with Crippen molar-refractivity contribution in [2.75, 3.05) is 0 Å². The second-order valence-electron chi connectivity index (χ2n) is 3.59. The van der Waals surface area contributed by atoms with Crippen molar-refractivity contribution >= 4 is 23.8 Å². The van der Waals surface area contributed by atoms with Crippen molar-refractivity contribution in [3.63, 3.8) is 0 Å². The molecule has 0 bridgehead atoms. The van der Waals surface area contributed by atoms with Gasteiger partial charge in [0.2, 0.25) is 0 Å². The number of hydrogen-bond donors (Lipinski definition) is 1. The van der Waals surface area contributed by atoms with Gasteiger partial charge in [-0.3, -0.25) is 0 Å². The van der Waals surface area contributed by atoms with Crippen molar-refractivity contribution in [1.29, 1.82) is 0 Å². The van der Waals surface area contributed by atoms with Crippen LogP contribution in [0.1, 0.15) is 12.7 Å². The first-order valence-corrected chi connectivity index (χ1v) is 5.94. The molecular formula is C12H10ClFN2S. The molecule has 1 heterocycles. The summed E-state index contributed by atoms with van der Waals surface area (Å²) < 4.78 is 13.7. The molecule has 0 amide bonds. The Kier molecular flexibility index (Phi) is 3.54. The molecule has 0 aliphatic rings. The lowest BCUT2D eigenvalue weighted by Gasteiger charge is -2.05. The van der Waals surface area contributed by atoms with Crippen LogP contribution in [0.3, 0.4) is 0 Å². The first-order valence-electron chi connectivity index (χ1n) is 5.15. The minimum absolute atomic E-state index is 0.356. The number of hydrogen-bond acceptors (Lipinski definition) is 2. The number of H-pyrrole nitrogens is 1. The molecule has 0 aliphatic carbocycles. The fraction of sp³-hybridized carbons (Fsp3) is 0.167. The number of rotatable bonds is 2. The number of nitrogens with zero attached hydrogens (tertiary/aromatic N) is 1. The van der Waals surface area contributed by atoms with E-state index in [0.717, 1.165) is 17.9 Å². The Morgan fingerprint density at radius 3 is 2.76 bits per heavy atom. The van der Waals surface area contributed by atoms with Crippen molar-refractivity contribution in [1.82, 2.24) is 9.97 Å². The van der Waals surface area contributed by atoms with Gasteiger partial charge in [0.15, 0.2) is 0 Å². The van der Waals surface area contributed by atoms with Gasteiger partial charge in [0.05, 0.1) is 0 Å². The number of benzene rings is 1. The van der Waals surface area contributed by atoms with Crippen LogP contribution in [0, 0.1) is 10.5 Å². The molecule has 0 unspecified atom stereocenters. The highest BCUT2D eigenvalue weighted by Gasteiger charge is 2.04. The van der Waals surface area contributed by atoms with Crippen LogP contribution in [-0.2, 0) is 6.42 Å². The van der Waals surface area contributed by atoms with Crippen molar-refractivity contribution in [3.05, 3.63) is 45.6 Å². The Morgan fingerprint density at radius 2 is 2.12 bits per heavy atom. The topological polar surface area (TPSA) is 28.7 Å². The first kappa shape index (κ1) is 12.2. The Hall–Kier alpha value is -1.26. The molecule has 0 saturated heterocycles. The Morgan fingerprint density at radius 1 is 1.35 bits per heavy atom. The zero-order chi connectivity index (χ0) is 12.4. The molecule has 5 heteroatoms. The predicted octanol–water partition coefficient (Wildman–Crippen LogP) is 4.16. The Bertz CT molecular complexity index is 589. The van der Waals surface area contributed by atoms with Gasteiger partial charge in [-0.05, 0) is 24.3 Å². The summed E-state index contributed by atoms with van der Waals surface area (Å²) in [6.07, 6.45) is 0.737. The smallest absolute Gasteiger partial charge is 0.130 e. The lowest BCUT2D eigenvalue weighted by molar-refractivity contribution is 0.628. The summed E-state index contributed by atoms with van der Waals surface area (Å²) in [5, 5.41) is 0.356. The lowest BCUT2D eigenvalue weighted by Crippen LogP contribution is -1.95. The monoisotopic (exact) mass is 268 g/mol. The van der Waals surface area contributed by atoms with Crippen molar-refractivity contribution in [2.24, 2.45) is 0 Å². The van der Waals surface area contributed by atoms with Crippen LogP contribution in [-0.4, -0.2) is 9.97 Å². The summed E-state index contributed by atoms with van der Waals surface area (Å²) >= 11 is 10.9. The zero-order valence-corrected chi connectivity index (χ0v) is 10.7. The van der Waals surface area contributed by atoms with E-state index in [9.17, 15) is 4.39 Å². The third-order valence-corrected chi connectivity index (χ3v) is 2.73. The molecule has 2 nitrogen and oxygen atoms in total. The fourth-order valence-electron chi connectivity index (χ4n) is 1.54. The van der Waals surface area contributed by atoms with Gasteiger partial charge in [0.25, 0.3) is 0 Å². The van der Waals surface area contributed by atoms with Gasteiger partial charge in [0.1, 0.15) is 16.3 Å². The van der Waals surface area contributed by atoms with Crippen molar-refractivity contribution < 1.29 is 4.39 Å². The van der Waals surface area contributed by atoms with E-state index < -0.39 is 0 Å². The molecule has 0 aliphatic heterocycles. The van der Waals surface area contributed by atoms with Crippen LogP contribution in [0.4, 0.5) is 4.39 Å². The van der Waals surface area contributed by atoms with Crippen LogP contribution in [0.2, 0.25) is 5.02 Å². The average Bonchev–Trinajstić information content (AvgIpc) is 2.26. The molecule has 2 rings (SSSR count). The Balaban J connectivity index is 2.59. The molecule has 1 aromatic heterocycles. The van der Waals surface area contributed by atoms with Gasteiger partial charge in [-0.2, -0.15) is 0 Å². The number of aryl methyl sites for hydroxylation is 1. The second kappa shape index (κ2) is 4.94. The van der Waals surface area contributed by atoms with Crippen molar-refractivity contribution in [2.45, 2.75) is 13.3 Å². The van der Waals surface area contributed by atoms with E-state index in [-0.39, 0.29) is 5.82 Å². The first-order chi connectivity index (χ1) is 8.08. The SMILES string of the molecule is CCc1nc(=S)cc(-c2cc(F)cc(Cl)c2)[nH]1. The van der Waals surface area contributed by atoms with E-state index in [1.807, 2.05) is 6.92 Å². The summed E-state index contributed by atoms with van der Waals surface area (Å²) in [5.74, 6) is 0.398. The third-order valence-electron chi connectivity index (χ3n) is 2.30. The standard InChI is InChI=1S/C12H10ClFN2S/c1-2-11-15-10(6-12(17)16-11)7-3-8(13)5-9(14)4-7/h3-6H,2H2,1H3,(H,15,16,17). The highest BCUT2D eigenvalue weighted by Crippen LogP contribution is 2.23. The Labute approximate surface area is 108 Å². The summed E-state index contributed by atoms with van der Waals surface area (Å²) in [6.45, 7) is 1.97. The summed E-state index contributed by atoms with van der Waals surface area (Å²) in [4.78, 5) is 7.26. The zero-order valence-electron chi connectivity index (χ0n) is 9.13. The maximum absolute atomic E-state index is 13.3. The maximum atomic E-state index is 13.3. The maximum Gasteiger partial charge on any atom is 0.130 e. The number of aromatic amines is 1. The quantitative estimate of drug-likeness (QED) is 0.829. The van der Waals surface area contributed by atoms with Crippen molar-refractivity contribution in [3.8, 4) is 11.3 Å². The molecule has 0 fully saturated rings. The highest BCUT2D eigenvalue weighted by atomic mass is 35.5. The van der Waals surface area contributed by atoms with Crippen LogP contribution in [0.15, 0.2) is 24.3 Å². The molecule has 0 saturated carbocycles. The van der Waals surface area contributed by atoms with E-state index in [1.165, 1.54) is 12.1 Å². The summed E-state index contributed by atoms with van der Waals surface area (Å²) in [7, 11) is 0. The van der Waals surface area contributed by atoms with E-state index in [2.05, 4.69) is 9.97 Å². The fourth-order valence-corrected chi connectivity index (χ4v) is 1.99. The van der Waals surface area contributed by atoms with E-state index in [1.54, 1.807) is 12.1 Å². The van der Waals surface area contributed by atoms with E-state index >= 15 is 0 Å². The average molecular weight is 269 g/mol. The molecule has 17 heavy (non-hydrogen) atoms. The molecule has 2 aromatic rings. The van der Waals surface area contributed by atoms with Gasteiger partial charge >= 0.3 is 0 Å². The normalized spacial score (nSPS) is 10.5. The predicted molar refractivity (Wildman–Crippen MR) is 69.2 cm³/mol. The highest BCUT2D eigenvalue weighted by molar-refractivity contribution is 7.71. The van der Waals surface area contributed by atoms with Gasteiger partial charge in [-0.15, -0.1) is 0 Å². The minimum atomic E-state index is -0.373. The molecule has 0 atom stereocenters. The number of aromatic nitrogens is 2. The van der Waals surface area contributed by atoms with Gasteiger partial charge in [-0.25, -0.2) is 9.37 Å². The van der Waals surface area contributed by atoms with E-state index in [0.29, 0.717) is 15.2 Å². The van der Waals surface area contributed by atoms with Crippen LogP contribution in [0.25, 0.3) is 11.3 Å². The number of halogens is 2. The van der Waals surface area contributed by atoms with Gasteiger partial charge in [0, 0.05) is 22.7 Å². The molecule has 0 spiro atoms. The third kappa shape index (κ3) is 2.90.